The molecule has 1 aromatic heterocycles. The summed E-state index contributed by atoms with van der Waals surface area (Å²) in [5.74, 6) is 0.0245. The number of nitrogens with one attached hydrogen (secondary N) is 1. The van der Waals surface area contributed by atoms with Gasteiger partial charge in [0.15, 0.2) is 5.78 Å². The van der Waals surface area contributed by atoms with Gasteiger partial charge in [0.05, 0.1) is 0 Å². The average Bonchev–Trinajstić information content (AvgIpc) is 2.36. The molecule has 5 nitrogen and oxygen atoms in total. The van der Waals surface area contributed by atoms with E-state index in [9.17, 15) is 9.59 Å². The molecule has 0 saturated carbocycles. The third-order valence-corrected chi connectivity index (χ3v) is 2.77. The zero-order valence-corrected chi connectivity index (χ0v) is 13.4. The number of unbranched alkanes of at least 4 members (excludes halogenated alkanes) is 1. The second-order valence-corrected chi connectivity index (χ2v) is 6.07. The van der Waals surface area contributed by atoms with Crippen molar-refractivity contribution in [3.8, 4) is 0 Å². The molecule has 0 aromatic carbocycles. The smallest absolute Gasteiger partial charge is 0.407 e. The minimum Gasteiger partial charge on any atom is -0.444 e. The molecule has 116 valence electrons. The van der Waals surface area contributed by atoms with E-state index in [1.165, 1.54) is 6.20 Å². The molecule has 0 spiro atoms. The highest BCUT2D eigenvalue weighted by Crippen LogP contribution is 2.09. The number of amides is 1. The van der Waals surface area contributed by atoms with Gasteiger partial charge in [0.25, 0.3) is 0 Å². The van der Waals surface area contributed by atoms with Crippen LogP contribution >= 0.6 is 11.6 Å². The molecule has 1 amide bonds. The number of aromatic nitrogens is 1. The van der Waals surface area contributed by atoms with E-state index in [0.717, 1.165) is 0 Å². The topological polar surface area (TPSA) is 68.3 Å². The minimum absolute atomic E-state index is 0.0245. The molecule has 21 heavy (non-hydrogen) atoms. The van der Waals surface area contributed by atoms with Gasteiger partial charge < -0.3 is 10.1 Å². The number of carbonyl (C=O) groups excluding carboxylic acids is 2. The van der Waals surface area contributed by atoms with Crippen LogP contribution in [0.4, 0.5) is 4.79 Å². The van der Waals surface area contributed by atoms with Crippen LogP contribution in [0.2, 0.25) is 5.15 Å². The third kappa shape index (κ3) is 7.66. The lowest BCUT2D eigenvalue weighted by Gasteiger charge is -2.19. The van der Waals surface area contributed by atoms with Crippen LogP contribution in [0.5, 0.6) is 0 Å². The van der Waals surface area contributed by atoms with E-state index < -0.39 is 11.7 Å². The van der Waals surface area contributed by atoms with Gasteiger partial charge in [0, 0.05) is 24.7 Å². The number of carbonyl (C=O) groups is 2. The van der Waals surface area contributed by atoms with Crippen molar-refractivity contribution in [2.75, 3.05) is 6.54 Å². The third-order valence-electron chi connectivity index (χ3n) is 2.55. The second kappa shape index (κ2) is 7.98. The number of Topliss-reactive ketones (excluding diaryl/α,β-unsaturated/α-hetero) is 1. The number of rotatable bonds is 6. The quantitative estimate of drug-likeness (QED) is 0.495. The summed E-state index contributed by atoms with van der Waals surface area (Å²) in [7, 11) is 0. The molecule has 1 N–H and O–H groups in total. The van der Waals surface area contributed by atoms with Gasteiger partial charge in [0.2, 0.25) is 0 Å². The lowest BCUT2D eigenvalue weighted by molar-refractivity contribution is 0.0527. The van der Waals surface area contributed by atoms with Gasteiger partial charge in [-0.3, -0.25) is 4.79 Å². The van der Waals surface area contributed by atoms with Gasteiger partial charge in [-0.1, -0.05) is 11.6 Å². The van der Waals surface area contributed by atoms with Crippen molar-refractivity contribution < 1.29 is 14.3 Å². The molecule has 0 saturated heterocycles. The Balaban J connectivity index is 2.18. The predicted molar refractivity (Wildman–Crippen MR) is 81.7 cm³/mol. The number of ether oxygens (including phenoxy) is 1. The van der Waals surface area contributed by atoms with Crippen LogP contribution in [0.15, 0.2) is 18.3 Å². The van der Waals surface area contributed by atoms with Gasteiger partial charge in [-0.15, -0.1) is 0 Å². The molecule has 0 bridgehead atoms. The average molecular weight is 313 g/mol. The van der Waals surface area contributed by atoms with Crippen molar-refractivity contribution in [1.82, 2.24) is 10.3 Å². The Morgan fingerprint density at radius 2 is 2.00 bits per heavy atom. The van der Waals surface area contributed by atoms with Crippen molar-refractivity contribution in [3.63, 3.8) is 0 Å². The van der Waals surface area contributed by atoms with E-state index in [1.54, 1.807) is 12.1 Å². The van der Waals surface area contributed by atoms with Crippen LogP contribution in [0, 0.1) is 0 Å². The summed E-state index contributed by atoms with van der Waals surface area (Å²) in [6.45, 7) is 5.92. The van der Waals surface area contributed by atoms with Crippen LogP contribution in [-0.2, 0) is 4.74 Å². The zero-order chi connectivity index (χ0) is 15.9. The van der Waals surface area contributed by atoms with Crippen molar-refractivity contribution in [1.29, 1.82) is 0 Å². The van der Waals surface area contributed by atoms with Gasteiger partial charge >= 0.3 is 6.09 Å². The van der Waals surface area contributed by atoms with Crippen molar-refractivity contribution in [2.24, 2.45) is 0 Å². The number of alkyl carbamates (subject to hydrolysis) is 1. The molecule has 0 atom stereocenters. The highest BCUT2D eigenvalue weighted by molar-refractivity contribution is 6.29. The first-order valence-corrected chi connectivity index (χ1v) is 7.27. The van der Waals surface area contributed by atoms with E-state index in [1.807, 2.05) is 20.8 Å². The second-order valence-electron chi connectivity index (χ2n) is 5.68. The number of pyridine rings is 1. The van der Waals surface area contributed by atoms with Crippen molar-refractivity contribution >= 4 is 23.5 Å². The maximum Gasteiger partial charge on any atom is 0.407 e. The molecule has 6 heteroatoms. The minimum atomic E-state index is -0.498. The standard InChI is InChI=1S/C15H21ClN2O3/c1-15(2,3)21-14(20)17-9-5-4-6-12(19)11-7-8-13(16)18-10-11/h7-8,10H,4-6,9H2,1-3H3,(H,17,20). The molecule has 0 fully saturated rings. The summed E-state index contributed by atoms with van der Waals surface area (Å²) in [6.07, 6.45) is 2.86. The Morgan fingerprint density at radius 1 is 1.29 bits per heavy atom. The fraction of sp³-hybridized carbons (Fsp3) is 0.533. The number of hydrogen-bond acceptors (Lipinski definition) is 4. The Hall–Kier alpha value is -1.62. The molecular formula is C15H21ClN2O3. The normalized spacial score (nSPS) is 11.0. The van der Waals surface area contributed by atoms with Crippen LogP contribution < -0.4 is 5.32 Å². The molecule has 0 aliphatic carbocycles. The molecule has 0 unspecified atom stereocenters. The van der Waals surface area contributed by atoms with Gasteiger partial charge in [-0.05, 0) is 45.7 Å². The number of ketones is 1. The first kappa shape index (κ1) is 17.4. The van der Waals surface area contributed by atoms with E-state index in [0.29, 0.717) is 36.5 Å². The number of nitrogens with zero attached hydrogens (tertiary/aromatic N) is 1. The Labute approximate surface area is 130 Å². The summed E-state index contributed by atoms with van der Waals surface area (Å²) >= 11 is 5.66. The molecule has 0 radical (unpaired) electrons. The molecule has 1 rings (SSSR count). The van der Waals surface area contributed by atoms with Gasteiger partial charge in [-0.25, -0.2) is 9.78 Å². The molecule has 1 aromatic rings. The summed E-state index contributed by atoms with van der Waals surface area (Å²) in [5.41, 5.74) is 0.0567. The molecule has 1 heterocycles. The fourth-order valence-corrected chi connectivity index (χ4v) is 1.71. The zero-order valence-electron chi connectivity index (χ0n) is 12.6. The highest BCUT2D eigenvalue weighted by atomic mass is 35.5. The number of hydrogen-bond donors (Lipinski definition) is 1. The lowest BCUT2D eigenvalue weighted by atomic mass is 10.1. The van der Waals surface area contributed by atoms with E-state index >= 15 is 0 Å². The first-order chi connectivity index (χ1) is 9.78. The summed E-state index contributed by atoms with van der Waals surface area (Å²) in [4.78, 5) is 27.1. The molecule has 0 aliphatic heterocycles. The molecular weight excluding hydrogens is 292 g/mol. The predicted octanol–water partition coefficient (Wildman–Crippen LogP) is 3.61. The summed E-state index contributed by atoms with van der Waals surface area (Å²) in [5, 5.41) is 3.03. The van der Waals surface area contributed by atoms with E-state index in [-0.39, 0.29) is 5.78 Å². The maximum atomic E-state index is 11.8. The van der Waals surface area contributed by atoms with Crippen molar-refractivity contribution in [2.45, 2.75) is 45.6 Å². The highest BCUT2D eigenvalue weighted by Gasteiger charge is 2.15. The summed E-state index contributed by atoms with van der Waals surface area (Å²) < 4.78 is 5.11. The van der Waals surface area contributed by atoms with Crippen molar-refractivity contribution in [3.05, 3.63) is 29.0 Å². The van der Waals surface area contributed by atoms with Crippen LogP contribution in [0.1, 0.15) is 50.4 Å². The van der Waals surface area contributed by atoms with E-state index in [2.05, 4.69) is 10.3 Å². The Morgan fingerprint density at radius 3 is 2.57 bits per heavy atom. The van der Waals surface area contributed by atoms with Gasteiger partial charge in [0.1, 0.15) is 10.8 Å². The monoisotopic (exact) mass is 312 g/mol. The first-order valence-electron chi connectivity index (χ1n) is 6.89. The van der Waals surface area contributed by atoms with Gasteiger partial charge in [-0.2, -0.15) is 0 Å². The largest absolute Gasteiger partial charge is 0.444 e. The number of halogens is 1. The Bertz CT molecular complexity index is 481. The lowest BCUT2D eigenvalue weighted by Crippen LogP contribution is -2.33. The molecule has 0 aliphatic rings. The van der Waals surface area contributed by atoms with Crippen LogP contribution in [0.3, 0.4) is 0 Å². The van der Waals surface area contributed by atoms with E-state index in [4.69, 9.17) is 16.3 Å². The fourth-order valence-electron chi connectivity index (χ4n) is 1.60. The summed E-state index contributed by atoms with van der Waals surface area (Å²) in [6, 6.07) is 3.26. The van der Waals surface area contributed by atoms with Crippen LogP contribution in [-0.4, -0.2) is 29.0 Å². The SMILES string of the molecule is CC(C)(C)OC(=O)NCCCCC(=O)c1ccc(Cl)nc1. The van der Waals surface area contributed by atoms with Crippen LogP contribution in [0.25, 0.3) is 0 Å². The maximum absolute atomic E-state index is 11.8. The Kier molecular flexibility index (Phi) is 6.62.